The highest BCUT2D eigenvalue weighted by Gasteiger charge is 2.21. The molecule has 2 N–H and O–H groups in total. The molecule has 174 valence electrons. The van der Waals surface area contributed by atoms with Crippen LogP contribution < -0.4 is 10.2 Å². The molecule has 2 heterocycles. The van der Waals surface area contributed by atoms with E-state index in [1.54, 1.807) is 12.3 Å². The normalized spacial score (nSPS) is 14.7. The number of guanidine groups is 1. The number of piperazine rings is 1. The van der Waals surface area contributed by atoms with Crippen molar-refractivity contribution in [3.8, 4) is 5.75 Å². The van der Waals surface area contributed by atoms with Gasteiger partial charge in [-0.25, -0.2) is 0 Å². The second-order valence-corrected chi connectivity index (χ2v) is 8.38. The van der Waals surface area contributed by atoms with Crippen LogP contribution in [0, 0.1) is 0 Å². The van der Waals surface area contributed by atoms with Gasteiger partial charge in [-0.3, -0.25) is 9.89 Å². The van der Waals surface area contributed by atoms with E-state index in [0.717, 1.165) is 63.2 Å². The summed E-state index contributed by atoms with van der Waals surface area (Å²) in [5.74, 6) is 2.21. The monoisotopic (exact) mass is 447 g/mol. The first kappa shape index (κ1) is 22.7. The van der Waals surface area contributed by atoms with Crippen LogP contribution in [0.15, 0.2) is 76.3 Å². The molecule has 7 nitrogen and oxygen atoms in total. The number of aliphatic imine (C=N–C) groups is 1. The number of benzene rings is 2. The van der Waals surface area contributed by atoms with E-state index in [1.165, 1.54) is 11.1 Å². The number of hydrogen-bond acceptors (Lipinski definition) is 5. The molecule has 1 aliphatic rings. The Labute approximate surface area is 196 Å². The number of rotatable bonds is 7. The third kappa shape index (κ3) is 5.87. The maximum atomic E-state index is 10.2. The predicted molar refractivity (Wildman–Crippen MR) is 132 cm³/mol. The van der Waals surface area contributed by atoms with Crippen molar-refractivity contribution in [2.75, 3.05) is 45.2 Å². The molecule has 0 spiro atoms. The molecular formula is C26H33N5O2. The van der Waals surface area contributed by atoms with Crippen molar-refractivity contribution < 1.29 is 9.52 Å². The smallest absolute Gasteiger partial charge is 0.194 e. The fourth-order valence-corrected chi connectivity index (χ4v) is 4.30. The topological polar surface area (TPSA) is 67.5 Å². The number of nitrogens with one attached hydrogen (secondary N) is 1. The Morgan fingerprint density at radius 2 is 1.70 bits per heavy atom. The van der Waals surface area contributed by atoms with Gasteiger partial charge >= 0.3 is 0 Å². The molecule has 2 aromatic carbocycles. The van der Waals surface area contributed by atoms with E-state index in [1.807, 2.05) is 37.4 Å². The summed E-state index contributed by atoms with van der Waals surface area (Å²) in [5, 5.41) is 13.7. The third-order valence-corrected chi connectivity index (χ3v) is 6.01. The number of para-hydroxylation sites is 2. The maximum absolute atomic E-state index is 10.2. The largest absolute Gasteiger partial charge is 0.506 e. The van der Waals surface area contributed by atoms with Crippen LogP contribution >= 0.6 is 0 Å². The maximum Gasteiger partial charge on any atom is 0.194 e. The summed E-state index contributed by atoms with van der Waals surface area (Å²) in [5.41, 5.74) is 3.45. The first-order chi connectivity index (χ1) is 16.1. The molecule has 0 radical (unpaired) electrons. The van der Waals surface area contributed by atoms with Gasteiger partial charge in [-0.2, -0.15) is 0 Å². The minimum atomic E-state index is 0.335. The van der Waals surface area contributed by atoms with Crippen LogP contribution in [0.1, 0.15) is 16.9 Å². The predicted octanol–water partition coefficient (Wildman–Crippen LogP) is 3.51. The van der Waals surface area contributed by atoms with Crippen LogP contribution in [0.3, 0.4) is 0 Å². The van der Waals surface area contributed by atoms with E-state index in [-0.39, 0.29) is 0 Å². The number of furan rings is 1. The van der Waals surface area contributed by atoms with Crippen LogP contribution in [-0.4, -0.2) is 61.1 Å². The molecule has 1 saturated heterocycles. The molecule has 1 fully saturated rings. The Hall–Kier alpha value is -3.45. The lowest BCUT2D eigenvalue weighted by Crippen LogP contribution is -2.52. The molecule has 1 aromatic heterocycles. The molecule has 33 heavy (non-hydrogen) atoms. The highest BCUT2D eigenvalue weighted by molar-refractivity contribution is 5.80. The Balaban J connectivity index is 1.32. The minimum absolute atomic E-state index is 0.335. The molecule has 0 saturated carbocycles. The van der Waals surface area contributed by atoms with Crippen molar-refractivity contribution in [2.24, 2.45) is 4.99 Å². The standard InChI is InChI=1S/C26H33N5O2/c1-27-26(31-15-13-30(14-16-31)24-11-5-6-12-25(24)32)28-18-21-8-3-4-9-22(21)19-29(2)20-23-10-7-17-33-23/h3-12,17,32H,13-16,18-20H2,1-2H3,(H,27,28). The zero-order valence-corrected chi connectivity index (χ0v) is 19.4. The van der Waals surface area contributed by atoms with Gasteiger partial charge in [0.2, 0.25) is 0 Å². The Kier molecular flexibility index (Phi) is 7.52. The summed E-state index contributed by atoms with van der Waals surface area (Å²) in [6, 6.07) is 20.0. The van der Waals surface area contributed by atoms with Gasteiger partial charge in [0.05, 0.1) is 18.5 Å². The minimum Gasteiger partial charge on any atom is -0.506 e. The van der Waals surface area contributed by atoms with Crippen molar-refractivity contribution in [3.63, 3.8) is 0 Å². The lowest BCUT2D eigenvalue weighted by Gasteiger charge is -2.37. The molecule has 0 atom stereocenters. The SMILES string of the molecule is CN=C(NCc1ccccc1CN(C)Cc1ccco1)N1CCN(c2ccccc2O)CC1. The van der Waals surface area contributed by atoms with Crippen molar-refractivity contribution in [2.45, 2.75) is 19.6 Å². The summed E-state index contributed by atoms with van der Waals surface area (Å²) in [4.78, 5) is 11.3. The van der Waals surface area contributed by atoms with Crippen LogP contribution in [0.5, 0.6) is 5.75 Å². The second kappa shape index (κ2) is 10.9. The number of phenols is 1. The Morgan fingerprint density at radius 3 is 2.39 bits per heavy atom. The van der Waals surface area contributed by atoms with E-state index in [9.17, 15) is 5.11 Å². The van der Waals surface area contributed by atoms with Gasteiger partial charge < -0.3 is 24.6 Å². The third-order valence-electron chi connectivity index (χ3n) is 6.01. The summed E-state index contributed by atoms with van der Waals surface area (Å²) < 4.78 is 5.48. The Morgan fingerprint density at radius 1 is 0.970 bits per heavy atom. The van der Waals surface area contributed by atoms with Crippen LogP contribution in [0.4, 0.5) is 5.69 Å². The molecule has 3 aromatic rings. The average molecular weight is 448 g/mol. The van der Waals surface area contributed by atoms with Crippen LogP contribution in [0.25, 0.3) is 0 Å². The summed E-state index contributed by atoms with van der Waals surface area (Å²) in [6.07, 6.45) is 1.72. The quantitative estimate of drug-likeness (QED) is 0.427. The highest BCUT2D eigenvalue weighted by Crippen LogP contribution is 2.27. The molecule has 0 unspecified atom stereocenters. The van der Waals surface area contributed by atoms with E-state index >= 15 is 0 Å². The van der Waals surface area contributed by atoms with Crippen molar-refractivity contribution in [3.05, 3.63) is 83.8 Å². The van der Waals surface area contributed by atoms with Gasteiger partial charge in [-0.15, -0.1) is 0 Å². The fraction of sp³-hybridized carbons (Fsp3) is 0.346. The first-order valence-corrected chi connectivity index (χ1v) is 11.4. The number of hydrogen-bond donors (Lipinski definition) is 2. The zero-order valence-electron chi connectivity index (χ0n) is 19.4. The second-order valence-electron chi connectivity index (χ2n) is 8.38. The van der Waals surface area contributed by atoms with E-state index in [0.29, 0.717) is 5.75 Å². The zero-order chi connectivity index (χ0) is 23.0. The lowest BCUT2D eigenvalue weighted by molar-refractivity contribution is 0.287. The molecule has 0 aliphatic carbocycles. The summed E-state index contributed by atoms with van der Waals surface area (Å²) in [6.45, 7) is 5.72. The van der Waals surface area contributed by atoms with Crippen molar-refractivity contribution in [1.29, 1.82) is 0 Å². The van der Waals surface area contributed by atoms with Gasteiger partial charge in [0, 0.05) is 46.3 Å². The fourth-order valence-electron chi connectivity index (χ4n) is 4.30. The van der Waals surface area contributed by atoms with Gasteiger partial charge in [-0.1, -0.05) is 36.4 Å². The molecule has 0 amide bonds. The van der Waals surface area contributed by atoms with Gasteiger partial charge in [0.1, 0.15) is 11.5 Å². The summed E-state index contributed by atoms with van der Waals surface area (Å²) >= 11 is 0. The number of phenolic OH excluding ortho intramolecular Hbond substituents is 1. The van der Waals surface area contributed by atoms with Gasteiger partial charge in [0.25, 0.3) is 0 Å². The summed E-state index contributed by atoms with van der Waals surface area (Å²) in [7, 11) is 3.94. The molecule has 7 heteroatoms. The molecule has 0 bridgehead atoms. The van der Waals surface area contributed by atoms with Crippen molar-refractivity contribution in [1.82, 2.24) is 15.1 Å². The van der Waals surface area contributed by atoms with E-state index in [4.69, 9.17) is 4.42 Å². The number of nitrogens with zero attached hydrogens (tertiary/aromatic N) is 4. The first-order valence-electron chi connectivity index (χ1n) is 11.4. The van der Waals surface area contributed by atoms with Gasteiger partial charge in [0.15, 0.2) is 5.96 Å². The molecule has 1 aliphatic heterocycles. The van der Waals surface area contributed by atoms with Crippen molar-refractivity contribution >= 4 is 11.6 Å². The number of anilines is 1. The average Bonchev–Trinajstić information content (AvgIpc) is 3.34. The highest BCUT2D eigenvalue weighted by atomic mass is 16.3. The van der Waals surface area contributed by atoms with E-state index in [2.05, 4.69) is 56.3 Å². The molecular weight excluding hydrogens is 414 g/mol. The lowest BCUT2D eigenvalue weighted by atomic mass is 10.1. The Bertz CT molecular complexity index is 1040. The van der Waals surface area contributed by atoms with Gasteiger partial charge in [-0.05, 0) is 42.4 Å². The number of aromatic hydroxyl groups is 1. The van der Waals surface area contributed by atoms with E-state index < -0.39 is 0 Å². The van der Waals surface area contributed by atoms with Crippen LogP contribution in [-0.2, 0) is 19.6 Å². The molecule has 4 rings (SSSR count). The van der Waals surface area contributed by atoms with Crippen LogP contribution in [0.2, 0.25) is 0 Å².